The topological polar surface area (TPSA) is 43.8 Å². The van der Waals surface area contributed by atoms with Gasteiger partial charge in [0.1, 0.15) is 0 Å². The average molecular weight is 239 g/mol. The van der Waals surface area contributed by atoms with E-state index in [9.17, 15) is 0 Å². The van der Waals surface area contributed by atoms with Crippen molar-refractivity contribution in [3.8, 4) is 0 Å². The summed E-state index contributed by atoms with van der Waals surface area (Å²) in [7, 11) is 0. The average Bonchev–Trinajstić information content (AvgIpc) is 2.88. The van der Waals surface area contributed by atoms with E-state index in [0.29, 0.717) is 5.92 Å². The van der Waals surface area contributed by atoms with E-state index in [0.717, 1.165) is 11.8 Å². The second-order valence-electron chi connectivity index (χ2n) is 4.88. The SMILES string of the molecule is CC(C)C(N)c1cncn1CC1CCCS1. The first-order valence-corrected chi connectivity index (χ1v) is 7.10. The Morgan fingerprint density at radius 3 is 3.06 bits per heavy atom. The molecule has 0 radical (unpaired) electrons. The maximum Gasteiger partial charge on any atom is 0.0949 e. The molecule has 1 saturated heterocycles. The van der Waals surface area contributed by atoms with Crippen LogP contribution >= 0.6 is 11.8 Å². The molecule has 1 aliphatic heterocycles. The van der Waals surface area contributed by atoms with E-state index in [1.807, 2.05) is 12.5 Å². The summed E-state index contributed by atoms with van der Waals surface area (Å²) in [5.74, 6) is 1.77. The summed E-state index contributed by atoms with van der Waals surface area (Å²) in [6.07, 6.45) is 6.54. The monoisotopic (exact) mass is 239 g/mol. The Kier molecular flexibility index (Phi) is 3.92. The van der Waals surface area contributed by atoms with Gasteiger partial charge < -0.3 is 10.3 Å². The predicted molar refractivity (Wildman–Crippen MR) is 69.5 cm³/mol. The van der Waals surface area contributed by atoms with Crippen molar-refractivity contribution in [2.75, 3.05) is 5.75 Å². The second kappa shape index (κ2) is 5.23. The Labute approximate surface area is 102 Å². The molecule has 0 spiro atoms. The third kappa shape index (κ3) is 2.61. The van der Waals surface area contributed by atoms with Crippen LogP contribution < -0.4 is 5.73 Å². The van der Waals surface area contributed by atoms with Gasteiger partial charge in [-0.2, -0.15) is 11.8 Å². The van der Waals surface area contributed by atoms with Gasteiger partial charge in [0.05, 0.1) is 12.0 Å². The highest BCUT2D eigenvalue weighted by molar-refractivity contribution is 8.00. The maximum atomic E-state index is 6.19. The zero-order chi connectivity index (χ0) is 11.5. The Balaban J connectivity index is 2.06. The fraction of sp³-hybridized carbons (Fsp3) is 0.750. The Morgan fingerprint density at radius 2 is 2.44 bits per heavy atom. The van der Waals surface area contributed by atoms with Crippen LogP contribution in [0.4, 0.5) is 0 Å². The molecule has 90 valence electrons. The van der Waals surface area contributed by atoms with E-state index >= 15 is 0 Å². The molecular formula is C12H21N3S. The number of aromatic nitrogens is 2. The second-order valence-corrected chi connectivity index (χ2v) is 6.28. The summed E-state index contributed by atoms with van der Waals surface area (Å²) in [6, 6.07) is 0.105. The smallest absolute Gasteiger partial charge is 0.0949 e. The lowest BCUT2D eigenvalue weighted by Gasteiger charge is -2.19. The Hall–Kier alpha value is -0.480. The number of nitrogens with two attached hydrogens (primary N) is 1. The van der Waals surface area contributed by atoms with Crippen molar-refractivity contribution in [1.82, 2.24) is 9.55 Å². The molecule has 0 bridgehead atoms. The lowest BCUT2D eigenvalue weighted by Crippen LogP contribution is -2.22. The van der Waals surface area contributed by atoms with Crippen LogP contribution in [-0.4, -0.2) is 20.6 Å². The summed E-state index contributed by atoms with van der Waals surface area (Å²) in [4.78, 5) is 4.24. The first-order chi connectivity index (χ1) is 7.68. The summed E-state index contributed by atoms with van der Waals surface area (Å²) in [5.41, 5.74) is 7.37. The number of imidazole rings is 1. The lowest BCUT2D eigenvalue weighted by atomic mass is 10.0. The van der Waals surface area contributed by atoms with E-state index in [4.69, 9.17) is 5.73 Å². The van der Waals surface area contributed by atoms with Gasteiger partial charge in [-0.05, 0) is 24.5 Å². The van der Waals surface area contributed by atoms with Gasteiger partial charge in [-0.3, -0.25) is 0 Å². The highest BCUT2D eigenvalue weighted by atomic mass is 32.2. The molecular weight excluding hydrogens is 218 g/mol. The molecule has 2 N–H and O–H groups in total. The lowest BCUT2D eigenvalue weighted by molar-refractivity contribution is 0.474. The van der Waals surface area contributed by atoms with Gasteiger partial charge in [0.25, 0.3) is 0 Å². The van der Waals surface area contributed by atoms with Crippen LogP contribution in [0.25, 0.3) is 0 Å². The van der Waals surface area contributed by atoms with Gasteiger partial charge in [0.2, 0.25) is 0 Å². The van der Waals surface area contributed by atoms with Crippen molar-refractivity contribution in [2.24, 2.45) is 11.7 Å². The van der Waals surface area contributed by atoms with Crippen LogP contribution in [0.1, 0.15) is 38.4 Å². The Bertz CT molecular complexity index is 329. The van der Waals surface area contributed by atoms with E-state index in [1.54, 1.807) is 0 Å². The Morgan fingerprint density at radius 1 is 1.62 bits per heavy atom. The van der Waals surface area contributed by atoms with Crippen molar-refractivity contribution in [2.45, 2.75) is 44.5 Å². The summed E-state index contributed by atoms with van der Waals surface area (Å²) < 4.78 is 2.24. The van der Waals surface area contributed by atoms with Gasteiger partial charge in [-0.1, -0.05) is 13.8 Å². The molecule has 4 heteroatoms. The van der Waals surface area contributed by atoms with Gasteiger partial charge >= 0.3 is 0 Å². The summed E-state index contributed by atoms with van der Waals surface area (Å²) in [6.45, 7) is 5.39. The predicted octanol–water partition coefficient (Wildman–Crippen LogP) is 2.43. The van der Waals surface area contributed by atoms with Crippen LogP contribution in [-0.2, 0) is 6.54 Å². The fourth-order valence-corrected chi connectivity index (χ4v) is 3.38. The van der Waals surface area contributed by atoms with Crippen LogP contribution in [0.3, 0.4) is 0 Å². The highest BCUT2D eigenvalue weighted by Crippen LogP contribution is 2.28. The molecule has 0 saturated carbocycles. The highest BCUT2D eigenvalue weighted by Gasteiger charge is 2.20. The number of thioether (sulfide) groups is 1. The maximum absolute atomic E-state index is 6.19. The first-order valence-electron chi connectivity index (χ1n) is 6.05. The van der Waals surface area contributed by atoms with Gasteiger partial charge in [-0.15, -0.1) is 0 Å². The zero-order valence-corrected chi connectivity index (χ0v) is 10.9. The van der Waals surface area contributed by atoms with Crippen molar-refractivity contribution in [3.63, 3.8) is 0 Å². The molecule has 0 amide bonds. The third-order valence-electron chi connectivity index (χ3n) is 3.23. The van der Waals surface area contributed by atoms with Gasteiger partial charge in [-0.25, -0.2) is 4.98 Å². The standard InChI is InChI=1S/C12H21N3S/c1-9(2)12(13)11-6-14-8-15(11)7-10-4-3-5-16-10/h6,8-10,12H,3-5,7,13H2,1-2H3. The van der Waals surface area contributed by atoms with Crippen LogP contribution in [0.15, 0.2) is 12.5 Å². The minimum atomic E-state index is 0.105. The molecule has 2 rings (SSSR count). The number of hydrogen-bond donors (Lipinski definition) is 1. The quantitative estimate of drug-likeness (QED) is 0.877. The first kappa shape index (κ1) is 12.0. The van der Waals surface area contributed by atoms with E-state index in [1.165, 1.54) is 24.3 Å². The molecule has 0 aromatic carbocycles. The third-order valence-corrected chi connectivity index (χ3v) is 4.61. The molecule has 0 aliphatic carbocycles. The van der Waals surface area contributed by atoms with Crippen molar-refractivity contribution in [3.05, 3.63) is 18.2 Å². The molecule has 2 unspecified atom stereocenters. The zero-order valence-electron chi connectivity index (χ0n) is 10.1. The number of hydrogen-bond acceptors (Lipinski definition) is 3. The van der Waals surface area contributed by atoms with Crippen molar-refractivity contribution < 1.29 is 0 Å². The molecule has 3 nitrogen and oxygen atoms in total. The molecule has 2 heterocycles. The number of rotatable bonds is 4. The van der Waals surface area contributed by atoms with E-state index in [-0.39, 0.29) is 6.04 Å². The normalized spacial score (nSPS) is 22.9. The van der Waals surface area contributed by atoms with Gasteiger partial charge in [0, 0.05) is 24.0 Å². The molecule has 1 aromatic rings. The fourth-order valence-electron chi connectivity index (χ4n) is 2.11. The van der Waals surface area contributed by atoms with Crippen LogP contribution in [0.5, 0.6) is 0 Å². The largest absolute Gasteiger partial charge is 0.332 e. The van der Waals surface area contributed by atoms with Gasteiger partial charge in [0.15, 0.2) is 0 Å². The molecule has 16 heavy (non-hydrogen) atoms. The van der Waals surface area contributed by atoms with E-state index < -0.39 is 0 Å². The van der Waals surface area contributed by atoms with Crippen molar-refractivity contribution in [1.29, 1.82) is 0 Å². The molecule has 2 atom stereocenters. The molecule has 1 aromatic heterocycles. The van der Waals surface area contributed by atoms with E-state index in [2.05, 4.69) is 35.2 Å². The molecule has 1 aliphatic rings. The van der Waals surface area contributed by atoms with Crippen molar-refractivity contribution >= 4 is 11.8 Å². The summed E-state index contributed by atoms with van der Waals surface area (Å²) in [5, 5.41) is 0.757. The minimum absolute atomic E-state index is 0.105. The molecule has 1 fully saturated rings. The number of nitrogens with zero attached hydrogens (tertiary/aromatic N) is 2. The summed E-state index contributed by atoms with van der Waals surface area (Å²) >= 11 is 2.08. The van der Waals surface area contributed by atoms with Crippen LogP contribution in [0, 0.1) is 5.92 Å². The van der Waals surface area contributed by atoms with Crippen LogP contribution in [0.2, 0.25) is 0 Å². The minimum Gasteiger partial charge on any atom is -0.332 e.